The van der Waals surface area contributed by atoms with Crippen molar-refractivity contribution in [3.8, 4) is 11.5 Å². The normalized spacial score (nSPS) is 11.4. The molecular formula is C28H27N3O5S. The van der Waals surface area contributed by atoms with Crippen molar-refractivity contribution in [1.29, 1.82) is 0 Å². The number of hydrogen-bond donors (Lipinski definition) is 3. The summed E-state index contributed by atoms with van der Waals surface area (Å²) in [6.45, 7) is 4.03. The van der Waals surface area contributed by atoms with E-state index in [9.17, 15) is 9.59 Å². The number of amides is 2. The first-order chi connectivity index (χ1) is 17.9. The van der Waals surface area contributed by atoms with Crippen LogP contribution < -0.4 is 25.4 Å². The number of fused-ring (bicyclic) bond motifs is 1. The van der Waals surface area contributed by atoms with Gasteiger partial charge < -0.3 is 24.5 Å². The number of furan rings is 1. The van der Waals surface area contributed by atoms with Gasteiger partial charge in [0.1, 0.15) is 17.1 Å². The number of hydrogen-bond acceptors (Lipinski definition) is 6. The van der Waals surface area contributed by atoms with Crippen LogP contribution >= 0.6 is 12.2 Å². The minimum absolute atomic E-state index is 0.0958. The van der Waals surface area contributed by atoms with E-state index in [1.807, 2.05) is 32.0 Å². The fourth-order valence-electron chi connectivity index (χ4n) is 3.49. The summed E-state index contributed by atoms with van der Waals surface area (Å²) in [5.41, 5.74) is 2.10. The fourth-order valence-corrected chi connectivity index (χ4v) is 3.70. The summed E-state index contributed by atoms with van der Waals surface area (Å²) >= 11 is 5.30. The Balaban J connectivity index is 1.37. The third kappa shape index (κ3) is 6.45. The van der Waals surface area contributed by atoms with E-state index in [-0.39, 0.29) is 22.9 Å². The second-order valence-electron chi connectivity index (χ2n) is 8.29. The van der Waals surface area contributed by atoms with E-state index >= 15 is 0 Å². The Bertz CT molecular complexity index is 1400. The number of carbonyl (C=O) groups is 2. The van der Waals surface area contributed by atoms with E-state index in [1.165, 1.54) is 7.11 Å². The molecule has 3 aromatic carbocycles. The third-order valence-electron chi connectivity index (χ3n) is 5.61. The number of rotatable bonds is 8. The Hall–Kier alpha value is -4.37. The predicted octanol–water partition coefficient (Wildman–Crippen LogP) is 6.00. The van der Waals surface area contributed by atoms with Gasteiger partial charge in [-0.05, 0) is 74.1 Å². The molecule has 1 heterocycles. The number of para-hydroxylation sites is 1. The van der Waals surface area contributed by atoms with Crippen molar-refractivity contribution >= 4 is 51.5 Å². The number of benzene rings is 3. The van der Waals surface area contributed by atoms with Gasteiger partial charge in [-0.3, -0.25) is 14.9 Å². The molecule has 0 fully saturated rings. The van der Waals surface area contributed by atoms with Gasteiger partial charge >= 0.3 is 0 Å². The maximum Gasteiger partial charge on any atom is 0.291 e. The number of carbonyl (C=O) groups excluding carboxylic acids is 2. The second-order valence-corrected chi connectivity index (χ2v) is 8.70. The second kappa shape index (κ2) is 11.6. The molecule has 0 bridgehead atoms. The van der Waals surface area contributed by atoms with Crippen LogP contribution in [0.4, 0.5) is 11.4 Å². The van der Waals surface area contributed by atoms with Gasteiger partial charge in [0.25, 0.3) is 11.8 Å². The smallest absolute Gasteiger partial charge is 0.291 e. The lowest BCUT2D eigenvalue weighted by molar-refractivity contribution is 0.0975. The van der Waals surface area contributed by atoms with E-state index in [0.29, 0.717) is 34.0 Å². The van der Waals surface area contributed by atoms with Gasteiger partial charge in [-0.2, -0.15) is 0 Å². The summed E-state index contributed by atoms with van der Waals surface area (Å²) in [5, 5.41) is 9.36. The molecule has 4 rings (SSSR count). The van der Waals surface area contributed by atoms with E-state index in [0.717, 1.165) is 11.8 Å². The molecule has 4 aromatic rings. The highest BCUT2D eigenvalue weighted by Gasteiger charge is 2.16. The fraction of sp³-hybridized carbons (Fsp3) is 0.179. The standard InChI is InChI=1S/C28H27N3O5S/c1-4-17(2)35-21-12-9-18(10-13-21)26(32)31-28(37)29-20-11-14-22(24(16-20)34-3)30-27(33)25-15-19-7-5-6-8-23(19)36-25/h5-17H,4H2,1-3H3,(H,30,33)(H2,29,31,32,37). The third-order valence-corrected chi connectivity index (χ3v) is 5.82. The SMILES string of the molecule is CCC(C)Oc1ccc(C(=O)NC(=S)Nc2ccc(NC(=O)c3cc4ccccc4o3)c(OC)c2)cc1. The average Bonchev–Trinajstić information content (AvgIpc) is 3.34. The van der Waals surface area contributed by atoms with Crippen molar-refractivity contribution in [3.63, 3.8) is 0 Å². The van der Waals surface area contributed by atoms with Gasteiger partial charge in [-0.25, -0.2) is 0 Å². The summed E-state index contributed by atoms with van der Waals surface area (Å²) in [6.07, 6.45) is 0.986. The summed E-state index contributed by atoms with van der Waals surface area (Å²) in [7, 11) is 1.49. The molecule has 1 aromatic heterocycles. The highest BCUT2D eigenvalue weighted by atomic mass is 32.1. The predicted molar refractivity (Wildman–Crippen MR) is 148 cm³/mol. The zero-order valence-corrected chi connectivity index (χ0v) is 21.5. The maximum atomic E-state index is 12.7. The van der Waals surface area contributed by atoms with Crippen molar-refractivity contribution in [2.24, 2.45) is 0 Å². The first-order valence-electron chi connectivity index (χ1n) is 11.7. The highest BCUT2D eigenvalue weighted by Crippen LogP contribution is 2.29. The number of thiocarbonyl (C=S) groups is 1. The number of nitrogens with one attached hydrogen (secondary N) is 3. The zero-order chi connectivity index (χ0) is 26.4. The van der Waals surface area contributed by atoms with Crippen molar-refractivity contribution in [2.45, 2.75) is 26.4 Å². The van der Waals surface area contributed by atoms with Crippen LogP contribution in [0.1, 0.15) is 41.2 Å². The largest absolute Gasteiger partial charge is 0.494 e. The Morgan fingerprint density at radius 3 is 2.43 bits per heavy atom. The lowest BCUT2D eigenvalue weighted by Crippen LogP contribution is -2.34. The Morgan fingerprint density at radius 2 is 1.73 bits per heavy atom. The Labute approximate surface area is 219 Å². The van der Waals surface area contributed by atoms with Crippen molar-refractivity contribution in [1.82, 2.24) is 5.32 Å². The molecule has 0 saturated carbocycles. The number of ether oxygens (including phenoxy) is 2. The lowest BCUT2D eigenvalue weighted by atomic mass is 10.2. The average molecular weight is 518 g/mol. The molecule has 1 unspecified atom stereocenters. The van der Waals surface area contributed by atoms with E-state index in [1.54, 1.807) is 54.6 Å². The molecule has 0 spiro atoms. The van der Waals surface area contributed by atoms with Gasteiger partial charge in [-0.15, -0.1) is 0 Å². The summed E-state index contributed by atoms with van der Waals surface area (Å²) in [4.78, 5) is 25.3. The monoisotopic (exact) mass is 517 g/mol. The van der Waals surface area contributed by atoms with Crippen LogP contribution in [0.5, 0.6) is 11.5 Å². The van der Waals surface area contributed by atoms with Crippen LogP contribution in [0, 0.1) is 0 Å². The minimum atomic E-state index is -0.404. The first-order valence-corrected chi connectivity index (χ1v) is 12.1. The van der Waals surface area contributed by atoms with Gasteiger partial charge in [0, 0.05) is 22.7 Å². The number of methoxy groups -OCH3 is 1. The van der Waals surface area contributed by atoms with Crippen LogP contribution in [-0.4, -0.2) is 30.1 Å². The van der Waals surface area contributed by atoms with Crippen molar-refractivity contribution in [3.05, 3.63) is 84.1 Å². The summed E-state index contributed by atoms with van der Waals surface area (Å²) in [5.74, 6) is 0.535. The molecule has 9 heteroatoms. The van der Waals surface area contributed by atoms with Crippen molar-refractivity contribution in [2.75, 3.05) is 17.7 Å². The summed E-state index contributed by atoms with van der Waals surface area (Å²) < 4.78 is 16.8. The molecule has 8 nitrogen and oxygen atoms in total. The minimum Gasteiger partial charge on any atom is -0.494 e. The molecular weight excluding hydrogens is 490 g/mol. The van der Waals surface area contributed by atoms with Gasteiger partial charge in [0.2, 0.25) is 0 Å². The van der Waals surface area contributed by atoms with E-state index < -0.39 is 5.91 Å². The van der Waals surface area contributed by atoms with Crippen LogP contribution in [0.3, 0.4) is 0 Å². The van der Waals surface area contributed by atoms with Gasteiger partial charge in [0.15, 0.2) is 10.9 Å². The van der Waals surface area contributed by atoms with E-state index in [4.69, 9.17) is 26.1 Å². The molecule has 2 amide bonds. The molecule has 0 aliphatic carbocycles. The van der Waals surface area contributed by atoms with E-state index in [2.05, 4.69) is 16.0 Å². The first kappa shape index (κ1) is 25.7. The highest BCUT2D eigenvalue weighted by molar-refractivity contribution is 7.80. The molecule has 1 atom stereocenters. The molecule has 0 aliphatic heterocycles. The van der Waals surface area contributed by atoms with Gasteiger partial charge in [0.05, 0.1) is 18.9 Å². The van der Waals surface area contributed by atoms with Gasteiger partial charge in [-0.1, -0.05) is 25.1 Å². The molecule has 0 saturated heterocycles. The van der Waals surface area contributed by atoms with Crippen LogP contribution in [-0.2, 0) is 0 Å². The number of anilines is 2. The molecule has 37 heavy (non-hydrogen) atoms. The maximum absolute atomic E-state index is 12.7. The van der Waals surface area contributed by atoms with Crippen LogP contribution in [0.2, 0.25) is 0 Å². The molecule has 0 radical (unpaired) electrons. The zero-order valence-electron chi connectivity index (χ0n) is 20.7. The quantitative estimate of drug-likeness (QED) is 0.247. The topological polar surface area (TPSA) is 102 Å². The lowest BCUT2D eigenvalue weighted by Gasteiger charge is -2.14. The molecule has 0 aliphatic rings. The van der Waals surface area contributed by atoms with Crippen LogP contribution in [0.25, 0.3) is 11.0 Å². The Kier molecular flexibility index (Phi) is 8.05. The molecule has 190 valence electrons. The Morgan fingerprint density at radius 1 is 0.973 bits per heavy atom. The summed E-state index contributed by atoms with van der Waals surface area (Å²) in [6, 6.07) is 21.0. The van der Waals surface area contributed by atoms with Crippen molar-refractivity contribution < 1.29 is 23.5 Å². The van der Waals surface area contributed by atoms with Crippen LogP contribution in [0.15, 0.2) is 77.2 Å². The molecule has 3 N–H and O–H groups in total.